The van der Waals surface area contributed by atoms with E-state index < -0.39 is 4.92 Å². The third-order valence-electron chi connectivity index (χ3n) is 4.40. The summed E-state index contributed by atoms with van der Waals surface area (Å²) in [5, 5.41) is 14.5. The third-order valence-corrected chi connectivity index (χ3v) is 5.66. The number of nitrogens with zero attached hydrogens (tertiary/aromatic N) is 1. The van der Waals surface area contributed by atoms with E-state index in [-0.39, 0.29) is 22.9 Å². The van der Waals surface area contributed by atoms with Crippen molar-refractivity contribution < 1.29 is 9.72 Å². The highest BCUT2D eigenvalue weighted by Gasteiger charge is 2.39. The number of nitro benzene ring substituents is 1. The van der Waals surface area contributed by atoms with Crippen molar-refractivity contribution >= 4 is 35.0 Å². The maximum atomic E-state index is 12.4. The highest BCUT2D eigenvalue weighted by molar-refractivity contribution is 8.00. The van der Waals surface area contributed by atoms with Crippen LogP contribution in [0.25, 0.3) is 0 Å². The van der Waals surface area contributed by atoms with Crippen LogP contribution in [0.1, 0.15) is 24.8 Å². The summed E-state index contributed by atoms with van der Waals surface area (Å²) in [5.41, 5.74) is 0.833. The highest BCUT2D eigenvalue weighted by atomic mass is 35.5. The summed E-state index contributed by atoms with van der Waals surface area (Å²) in [6, 6.07) is 13.8. The average Bonchev–Trinajstić information content (AvgIpc) is 2.57. The molecule has 0 unspecified atom stereocenters. The predicted octanol–water partition coefficient (Wildman–Crippen LogP) is 4.54. The van der Waals surface area contributed by atoms with Crippen LogP contribution in [0.5, 0.6) is 0 Å². The smallest absolute Gasteiger partial charge is 0.269 e. The topological polar surface area (TPSA) is 72.2 Å². The number of benzene rings is 2. The number of thioether (sulfide) groups is 1. The molecule has 3 rings (SSSR count). The van der Waals surface area contributed by atoms with Gasteiger partial charge in [-0.2, -0.15) is 0 Å². The van der Waals surface area contributed by atoms with Crippen molar-refractivity contribution in [1.82, 2.24) is 5.32 Å². The van der Waals surface area contributed by atoms with Crippen molar-refractivity contribution in [2.24, 2.45) is 0 Å². The Morgan fingerprint density at radius 3 is 2.32 bits per heavy atom. The van der Waals surface area contributed by atoms with Crippen LogP contribution >= 0.6 is 23.4 Å². The van der Waals surface area contributed by atoms with E-state index in [2.05, 4.69) is 5.32 Å². The summed E-state index contributed by atoms with van der Waals surface area (Å²) < 4.78 is 0. The Labute approximate surface area is 154 Å². The van der Waals surface area contributed by atoms with Gasteiger partial charge in [0.1, 0.15) is 0 Å². The van der Waals surface area contributed by atoms with E-state index >= 15 is 0 Å². The number of carbonyl (C=O) groups excluding carboxylic acids is 1. The molecule has 0 aliphatic heterocycles. The number of non-ortho nitro benzene ring substituents is 1. The van der Waals surface area contributed by atoms with E-state index in [9.17, 15) is 14.9 Å². The fourth-order valence-corrected chi connectivity index (χ4v) is 3.73. The molecular formula is C18H17ClN2O3S. The highest BCUT2D eigenvalue weighted by Crippen LogP contribution is 2.41. The van der Waals surface area contributed by atoms with Crippen molar-refractivity contribution in [3.05, 3.63) is 69.2 Å². The second kappa shape index (κ2) is 7.45. The first kappa shape index (κ1) is 17.8. The molecule has 1 saturated carbocycles. The number of nitrogens with one attached hydrogen (secondary N) is 1. The van der Waals surface area contributed by atoms with E-state index in [1.807, 2.05) is 24.3 Å². The van der Waals surface area contributed by atoms with Crippen LogP contribution in [0.2, 0.25) is 5.02 Å². The zero-order chi connectivity index (χ0) is 17.9. The van der Waals surface area contributed by atoms with Gasteiger partial charge in [0.15, 0.2) is 0 Å². The second-order valence-electron chi connectivity index (χ2n) is 6.03. The number of nitro groups is 1. The van der Waals surface area contributed by atoms with Crippen LogP contribution in [0.4, 0.5) is 5.69 Å². The van der Waals surface area contributed by atoms with Crippen molar-refractivity contribution in [3.63, 3.8) is 0 Å². The molecule has 7 heteroatoms. The van der Waals surface area contributed by atoms with Gasteiger partial charge in [0, 0.05) is 22.1 Å². The zero-order valence-corrected chi connectivity index (χ0v) is 15.0. The number of hydrogen-bond acceptors (Lipinski definition) is 4. The van der Waals surface area contributed by atoms with Gasteiger partial charge in [0.25, 0.3) is 5.69 Å². The van der Waals surface area contributed by atoms with Gasteiger partial charge in [-0.1, -0.05) is 23.7 Å². The molecule has 1 aliphatic carbocycles. The fourth-order valence-electron chi connectivity index (χ4n) is 2.90. The van der Waals surface area contributed by atoms with Crippen LogP contribution in [-0.2, 0) is 10.3 Å². The lowest BCUT2D eigenvalue weighted by Crippen LogP contribution is -2.51. The van der Waals surface area contributed by atoms with Gasteiger partial charge in [-0.05, 0) is 49.1 Å². The zero-order valence-electron chi connectivity index (χ0n) is 13.4. The first-order valence-electron chi connectivity index (χ1n) is 7.93. The number of amides is 1. The van der Waals surface area contributed by atoms with Crippen LogP contribution < -0.4 is 5.32 Å². The van der Waals surface area contributed by atoms with Crippen molar-refractivity contribution in [3.8, 4) is 0 Å². The molecule has 2 aromatic rings. The van der Waals surface area contributed by atoms with Gasteiger partial charge >= 0.3 is 0 Å². The summed E-state index contributed by atoms with van der Waals surface area (Å²) in [6.07, 6.45) is 2.92. The molecule has 25 heavy (non-hydrogen) atoms. The maximum Gasteiger partial charge on any atom is 0.269 e. The molecule has 2 aromatic carbocycles. The van der Waals surface area contributed by atoms with E-state index in [0.717, 1.165) is 29.7 Å². The minimum Gasteiger partial charge on any atom is -0.346 e. The number of rotatable bonds is 6. The van der Waals surface area contributed by atoms with Gasteiger partial charge in [0.2, 0.25) is 5.91 Å². The standard InChI is InChI=1S/C18H17ClN2O3S/c19-14-4-2-13(3-5-14)18(10-1-11-18)20-17(22)12-25-16-8-6-15(7-9-16)21(23)24/h2-9H,1,10-12H2,(H,20,22). The molecule has 0 spiro atoms. The van der Waals surface area contributed by atoms with Gasteiger partial charge in [-0.3, -0.25) is 14.9 Å². The Bertz CT molecular complexity index is 774. The minimum atomic E-state index is -0.437. The van der Waals surface area contributed by atoms with E-state index in [1.54, 1.807) is 12.1 Å². The van der Waals surface area contributed by atoms with E-state index in [0.29, 0.717) is 5.02 Å². The number of hydrogen-bond donors (Lipinski definition) is 1. The molecule has 1 amide bonds. The summed E-state index contributed by atoms with van der Waals surface area (Å²) in [7, 11) is 0. The fraction of sp³-hybridized carbons (Fsp3) is 0.278. The largest absolute Gasteiger partial charge is 0.346 e. The molecule has 0 bridgehead atoms. The van der Waals surface area contributed by atoms with Crippen LogP contribution in [-0.4, -0.2) is 16.6 Å². The molecule has 0 aromatic heterocycles. The summed E-state index contributed by atoms with van der Waals surface area (Å²) in [5.74, 6) is 0.227. The Balaban J connectivity index is 1.59. The molecule has 0 radical (unpaired) electrons. The average molecular weight is 377 g/mol. The normalized spacial score (nSPS) is 15.2. The first-order chi connectivity index (χ1) is 12.0. The quantitative estimate of drug-likeness (QED) is 0.456. The van der Waals surface area contributed by atoms with Gasteiger partial charge < -0.3 is 5.32 Å². The van der Waals surface area contributed by atoms with Crippen LogP contribution in [0, 0.1) is 10.1 Å². The van der Waals surface area contributed by atoms with Crippen molar-refractivity contribution in [1.29, 1.82) is 0 Å². The molecule has 0 atom stereocenters. The monoisotopic (exact) mass is 376 g/mol. The number of carbonyl (C=O) groups is 1. The Morgan fingerprint density at radius 1 is 1.16 bits per heavy atom. The van der Waals surface area contributed by atoms with Crippen LogP contribution in [0.15, 0.2) is 53.4 Å². The Morgan fingerprint density at radius 2 is 1.80 bits per heavy atom. The molecule has 5 nitrogen and oxygen atoms in total. The number of halogens is 1. The lowest BCUT2D eigenvalue weighted by molar-refractivity contribution is -0.384. The molecule has 130 valence electrons. The first-order valence-corrected chi connectivity index (χ1v) is 9.29. The lowest BCUT2D eigenvalue weighted by atomic mass is 9.72. The molecule has 0 saturated heterocycles. The third kappa shape index (κ3) is 4.14. The molecule has 1 fully saturated rings. The molecule has 1 aliphatic rings. The SMILES string of the molecule is O=C(CSc1ccc([N+](=O)[O-])cc1)NC1(c2ccc(Cl)cc2)CCC1. The van der Waals surface area contributed by atoms with Gasteiger partial charge in [-0.25, -0.2) is 0 Å². The van der Waals surface area contributed by atoms with Crippen LogP contribution in [0.3, 0.4) is 0 Å². The molecular weight excluding hydrogens is 360 g/mol. The second-order valence-corrected chi connectivity index (χ2v) is 7.52. The predicted molar refractivity (Wildman–Crippen MR) is 98.9 cm³/mol. The van der Waals surface area contributed by atoms with Crippen molar-refractivity contribution in [2.45, 2.75) is 29.7 Å². The van der Waals surface area contributed by atoms with E-state index in [4.69, 9.17) is 11.6 Å². The summed E-state index contributed by atoms with van der Waals surface area (Å²) in [6.45, 7) is 0. The lowest BCUT2D eigenvalue weighted by Gasteiger charge is -2.43. The summed E-state index contributed by atoms with van der Waals surface area (Å²) >= 11 is 7.31. The molecule has 0 heterocycles. The minimum absolute atomic E-state index is 0.0435. The Kier molecular flexibility index (Phi) is 5.30. The van der Waals surface area contributed by atoms with Crippen molar-refractivity contribution in [2.75, 3.05) is 5.75 Å². The summed E-state index contributed by atoms with van der Waals surface area (Å²) in [4.78, 5) is 23.4. The van der Waals surface area contributed by atoms with Gasteiger partial charge in [0.05, 0.1) is 16.2 Å². The Hall–Kier alpha value is -2.05. The van der Waals surface area contributed by atoms with Gasteiger partial charge in [-0.15, -0.1) is 11.8 Å². The molecule has 1 N–H and O–H groups in total. The maximum absolute atomic E-state index is 12.4. The van der Waals surface area contributed by atoms with E-state index in [1.165, 1.54) is 23.9 Å².